The zero-order valence-corrected chi connectivity index (χ0v) is 24.2. The molecule has 0 heterocycles. The normalized spacial score (nSPS) is 9.83. The topological polar surface area (TPSA) is 80.3 Å². The van der Waals surface area contributed by atoms with Crippen LogP contribution in [0.2, 0.25) is 0 Å². The number of hydrogen-bond acceptors (Lipinski definition) is 4. The molecule has 0 amide bonds. The first-order valence-corrected chi connectivity index (χ1v) is 15.7. The molecule has 4 nitrogen and oxygen atoms in total. The number of aliphatic carboxylic acids is 2. The summed E-state index contributed by atoms with van der Waals surface area (Å²) in [5.41, 5.74) is 0. The van der Waals surface area contributed by atoms with E-state index in [1.54, 1.807) is 6.92 Å². The lowest BCUT2D eigenvalue weighted by Crippen LogP contribution is -3.61. The molecule has 0 atom stereocenters. The fourth-order valence-electron chi connectivity index (χ4n) is 2.78. The number of carbonyl (C=O) groups excluding carboxylic acids is 2. The van der Waals surface area contributed by atoms with Crippen LogP contribution in [0.5, 0.6) is 0 Å². The molecule has 0 aromatic heterocycles. The summed E-state index contributed by atoms with van der Waals surface area (Å²) in [7, 11) is 0. The monoisotopic (exact) mass is 706 g/mol. The van der Waals surface area contributed by atoms with E-state index in [4.69, 9.17) is 0 Å². The van der Waals surface area contributed by atoms with E-state index in [1.807, 2.05) is 0 Å². The van der Waals surface area contributed by atoms with Crippen molar-refractivity contribution in [3.05, 3.63) is 136 Å². The number of benzene rings is 4. The minimum absolute atomic E-state index is 0.0287. The van der Waals surface area contributed by atoms with Crippen molar-refractivity contribution in [1.82, 2.24) is 0 Å². The van der Waals surface area contributed by atoms with Gasteiger partial charge in [0.15, 0.2) is 14.3 Å². The van der Waals surface area contributed by atoms with Crippen LogP contribution in [-0.4, -0.2) is 11.9 Å². The fraction of sp³-hybridized carbons (Fsp3) is 0.133. The average molecular weight is 706 g/mol. The molecule has 0 aliphatic carbocycles. The summed E-state index contributed by atoms with van der Waals surface area (Å²) in [6.07, 6.45) is 0.567. The summed E-state index contributed by atoms with van der Waals surface area (Å²) >= 11 is 0.0574. The van der Waals surface area contributed by atoms with Crippen LogP contribution >= 0.6 is 0 Å². The Labute approximate surface area is 233 Å². The van der Waals surface area contributed by atoms with Gasteiger partial charge in [-0.25, -0.2) is 0 Å². The number of hydrogen-bond donors (Lipinski definition) is 0. The molecule has 6 heteroatoms. The second kappa shape index (κ2) is 17.7. The van der Waals surface area contributed by atoms with Gasteiger partial charge < -0.3 is 19.8 Å². The molecule has 0 spiro atoms. The van der Waals surface area contributed by atoms with Crippen LogP contribution < -0.4 is 52.6 Å². The van der Waals surface area contributed by atoms with Gasteiger partial charge in [-0.1, -0.05) is 86.1 Å². The standard InChI is InChI=1S/2C12H10I.C6H10O4/c2*1-3-7-11(8-4-1)13-12-9-5-2-6-10-12;1-2-3-4(5(7)8)6(9)10/h2*1-10H;4H,2-3H2,1H3,(H,7,8)(H,9,10)/q2*+1;/p-2. The lowest BCUT2D eigenvalue weighted by Gasteiger charge is -2.17. The summed E-state index contributed by atoms with van der Waals surface area (Å²) < 4.78 is 5.92. The van der Waals surface area contributed by atoms with Crippen molar-refractivity contribution in [3.63, 3.8) is 0 Å². The van der Waals surface area contributed by atoms with Crippen LogP contribution in [0.3, 0.4) is 0 Å². The van der Waals surface area contributed by atoms with Crippen molar-refractivity contribution in [3.8, 4) is 0 Å². The molecule has 0 fully saturated rings. The maximum absolute atomic E-state index is 10.00. The van der Waals surface area contributed by atoms with Crippen LogP contribution in [0.1, 0.15) is 19.8 Å². The van der Waals surface area contributed by atoms with Gasteiger partial charge in [0.2, 0.25) is 0 Å². The number of carbonyl (C=O) groups is 2. The summed E-state index contributed by atoms with van der Waals surface area (Å²) in [5, 5.41) is 20.0. The third-order valence-corrected chi connectivity index (χ3v) is 9.88. The summed E-state index contributed by atoms with van der Waals surface area (Å²) in [4.78, 5) is 20.0. The van der Waals surface area contributed by atoms with Gasteiger partial charge in [-0.15, -0.1) is 0 Å². The van der Waals surface area contributed by atoms with Crippen molar-refractivity contribution < 1.29 is 62.2 Å². The molecule has 0 aliphatic rings. The van der Waals surface area contributed by atoms with Crippen LogP contribution in [0.4, 0.5) is 0 Å². The highest BCUT2D eigenvalue weighted by molar-refractivity contribution is 5.90. The van der Waals surface area contributed by atoms with Crippen LogP contribution in [0.25, 0.3) is 0 Å². The van der Waals surface area contributed by atoms with E-state index in [-0.39, 0.29) is 48.8 Å². The second-order valence-corrected chi connectivity index (χ2v) is 13.4. The van der Waals surface area contributed by atoms with Gasteiger partial charge >= 0.3 is 42.4 Å². The van der Waals surface area contributed by atoms with Gasteiger partial charge in [0.05, 0.1) is 11.9 Å². The maximum Gasteiger partial charge on any atom is 0.357 e. The quantitative estimate of drug-likeness (QED) is 0.151. The Morgan fingerprint density at radius 2 is 0.806 bits per heavy atom. The van der Waals surface area contributed by atoms with Gasteiger partial charge in [-0.05, 0) is 55.0 Å². The van der Waals surface area contributed by atoms with E-state index in [9.17, 15) is 19.8 Å². The highest BCUT2D eigenvalue weighted by atomic mass is 127. The van der Waals surface area contributed by atoms with Gasteiger partial charge in [-0.3, -0.25) is 0 Å². The lowest BCUT2D eigenvalue weighted by atomic mass is 10.1. The Bertz CT molecular complexity index is 973. The first-order valence-electron chi connectivity index (χ1n) is 11.4. The summed E-state index contributed by atoms with van der Waals surface area (Å²) in [5.74, 6) is -4.59. The third-order valence-electron chi connectivity index (χ3n) is 4.52. The second-order valence-electron chi connectivity index (χ2n) is 7.35. The molecule has 0 aliphatic heterocycles. The van der Waals surface area contributed by atoms with Gasteiger partial charge in [-0.2, -0.15) is 0 Å². The predicted octanol–water partition coefficient (Wildman–Crippen LogP) is -2.47. The zero-order chi connectivity index (χ0) is 26.0. The van der Waals surface area contributed by atoms with Gasteiger partial charge in [0, 0.05) is 5.92 Å². The SMILES string of the molecule is CCCC(C(=O)[O-])C(=O)[O-].c1ccc([I+]c2ccccc2)cc1.c1ccc([I+]c2ccccc2)cc1. The molecular weight excluding hydrogens is 678 g/mol. The van der Waals surface area contributed by atoms with Crippen molar-refractivity contribution in [1.29, 1.82) is 0 Å². The van der Waals surface area contributed by atoms with Gasteiger partial charge in [0.25, 0.3) is 0 Å². The molecule has 36 heavy (non-hydrogen) atoms. The molecule has 0 unspecified atom stereocenters. The summed E-state index contributed by atoms with van der Waals surface area (Å²) in [6.45, 7) is 1.69. The predicted molar refractivity (Wildman–Crippen MR) is 129 cm³/mol. The molecule has 0 bridgehead atoms. The van der Waals surface area contributed by atoms with Crippen LogP contribution in [0.15, 0.2) is 121 Å². The highest BCUT2D eigenvalue weighted by Crippen LogP contribution is 2.02. The molecule has 0 N–H and O–H groups in total. The van der Waals surface area contributed by atoms with E-state index in [0.717, 1.165) is 0 Å². The number of rotatable bonds is 8. The van der Waals surface area contributed by atoms with Gasteiger partial charge in [0.1, 0.15) is 0 Å². The van der Waals surface area contributed by atoms with E-state index in [0.29, 0.717) is 6.42 Å². The van der Waals surface area contributed by atoms with Crippen molar-refractivity contribution in [2.75, 3.05) is 0 Å². The number of carboxylic acid groups (broad SMARTS) is 2. The van der Waals surface area contributed by atoms with Crippen molar-refractivity contribution in [2.24, 2.45) is 5.92 Å². The fourth-order valence-corrected chi connectivity index (χ4v) is 7.32. The Hall–Kier alpha value is -2.72. The first kappa shape index (κ1) is 29.5. The minimum Gasteiger partial charge on any atom is -0.549 e. The van der Waals surface area contributed by atoms with Crippen LogP contribution in [-0.2, 0) is 9.59 Å². The molecule has 186 valence electrons. The maximum atomic E-state index is 10.00. The zero-order valence-electron chi connectivity index (χ0n) is 19.9. The molecular formula is C30H28I2O4. The molecule has 4 rings (SSSR count). The summed E-state index contributed by atoms with van der Waals surface area (Å²) in [6, 6.07) is 42.8. The number of halogens is 2. The number of carboxylic acids is 2. The van der Waals surface area contributed by atoms with Crippen molar-refractivity contribution >= 4 is 11.9 Å². The third kappa shape index (κ3) is 12.3. The van der Waals surface area contributed by atoms with E-state index < -0.39 is 17.9 Å². The molecule has 0 saturated heterocycles. The van der Waals surface area contributed by atoms with Crippen LogP contribution in [0, 0.1) is 20.2 Å². The lowest BCUT2D eigenvalue weighted by molar-refractivity contribution is -0.597. The average Bonchev–Trinajstić information content (AvgIpc) is 2.90. The molecule has 4 aromatic carbocycles. The Balaban J connectivity index is 0.000000193. The minimum atomic E-state index is -1.57. The Morgan fingerprint density at radius 3 is 0.972 bits per heavy atom. The first-order chi connectivity index (χ1) is 17.5. The molecule has 0 saturated carbocycles. The highest BCUT2D eigenvalue weighted by Gasteiger charge is 2.13. The van der Waals surface area contributed by atoms with E-state index >= 15 is 0 Å². The van der Waals surface area contributed by atoms with E-state index in [1.165, 1.54) is 14.3 Å². The molecule has 4 aromatic rings. The largest absolute Gasteiger partial charge is 0.549 e. The van der Waals surface area contributed by atoms with Crippen molar-refractivity contribution in [2.45, 2.75) is 19.8 Å². The Kier molecular flexibility index (Phi) is 14.5. The molecule has 0 radical (unpaired) electrons. The Morgan fingerprint density at radius 1 is 0.556 bits per heavy atom. The smallest absolute Gasteiger partial charge is 0.357 e. The van der Waals surface area contributed by atoms with E-state index in [2.05, 4.69) is 121 Å².